The van der Waals surface area contributed by atoms with Gasteiger partial charge in [-0.05, 0) is 30.0 Å². The minimum Gasteiger partial charge on any atom is -0.236 e. The van der Waals surface area contributed by atoms with Crippen LogP contribution in [-0.2, 0) is 6.42 Å². The second-order valence-corrected chi connectivity index (χ2v) is 5.93. The summed E-state index contributed by atoms with van der Waals surface area (Å²) in [5.74, 6) is 0.307. The number of nitrogens with zero attached hydrogens (tertiary/aromatic N) is 2. The van der Waals surface area contributed by atoms with Gasteiger partial charge in [0.2, 0.25) is 0 Å². The van der Waals surface area contributed by atoms with Crippen LogP contribution in [0.4, 0.5) is 4.39 Å². The maximum Gasteiger partial charge on any atom is 0.159 e. The fourth-order valence-corrected chi connectivity index (χ4v) is 2.72. The molecule has 0 fully saturated rings. The number of rotatable bonds is 6. The van der Waals surface area contributed by atoms with Crippen LogP contribution in [-0.4, -0.2) is 9.97 Å². The summed E-state index contributed by atoms with van der Waals surface area (Å²) in [6, 6.07) is 14.7. The lowest BCUT2D eigenvalue weighted by Gasteiger charge is -2.07. The predicted octanol–water partition coefficient (Wildman–Crippen LogP) is 5.68. The first-order valence-corrected chi connectivity index (χ1v) is 8.44. The molecule has 2 nitrogen and oxygen atoms in total. The molecule has 2 aromatic carbocycles. The highest BCUT2D eigenvalue weighted by molar-refractivity contribution is 5.68. The van der Waals surface area contributed by atoms with Crippen LogP contribution in [0.1, 0.15) is 31.7 Å². The maximum atomic E-state index is 14.5. The van der Waals surface area contributed by atoms with Crippen molar-refractivity contribution in [1.82, 2.24) is 9.97 Å². The molecule has 0 saturated heterocycles. The Balaban J connectivity index is 1.79. The van der Waals surface area contributed by atoms with Crippen LogP contribution in [0, 0.1) is 5.82 Å². The number of aryl methyl sites for hydroxylation is 1. The van der Waals surface area contributed by atoms with Gasteiger partial charge in [-0.25, -0.2) is 14.4 Å². The molecule has 0 amide bonds. The van der Waals surface area contributed by atoms with Crippen molar-refractivity contribution in [2.24, 2.45) is 0 Å². The van der Waals surface area contributed by atoms with Gasteiger partial charge in [0.15, 0.2) is 5.82 Å². The van der Waals surface area contributed by atoms with Crippen LogP contribution in [0.5, 0.6) is 0 Å². The molecule has 0 aliphatic heterocycles. The number of hydrogen-bond acceptors (Lipinski definition) is 2. The van der Waals surface area contributed by atoms with E-state index in [9.17, 15) is 4.39 Å². The van der Waals surface area contributed by atoms with Gasteiger partial charge in [0, 0.05) is 23.5 Å². The molecule has 0 bridgehead atoms. The van der Waals surface area contributed by atoms with E-state index < -0.39 is 0 Å². The average Bonchev–Trinajstić information content (AvgIpc) is 2.63. The van der Waals surface area contributed by atoms with Gasteiger partial charge in [0.1, 0.15) is 5.82 Å². The van der Waals surface area contributed by atoms with E-state index in [0.29, 0.717) is 17.0 Å². The molecule has 24 heavy (non-hydrogen) atoms. The summed E-state index contributed by atoms with van der Waals surface area (Å²) >= 11 is 0. The molecule has 0 unspecified atom stereocenters. The Morgan fingerprint density at radius 3 is 2.29 bits per heavy atom. The second-order valence-electron chi connectivity index (χ2n) is 5.93. The van der Waals surface area contributed by atoms with Gasteiger partial charge < -0.3 is 0 Å². The minimum atomic E-state index is -0.255. The maximum absolute atomic E-state index is 14.5. The Hall–Kier alpha value is -2.55. The second kappa shape index (κ2) is 7.82. The molecule has 3 rings (SSSR count). The van der Waals surface area contributed by atoms with E-state index in [1.54, 1.807) is 6.07 Å². The monoisotopic (exact) mass is 320 g/mol. The van der Waals surface area contributed by atoms with E-state index in [-0.39, 0.29) is 5.82 Å². The van der Waals surface area contributed by atoms with Gasteiger partial charge in [-0.15, -0.1) is 0 Å². The van der Waals surface area contributed by atoms with Crippen LogP contribution in [0.2, 0.25) is 0 Å². The van der Waals surface area contributed by atoms with Gasteiger partial charge in [-0.2, -0.15) is 0 Å². The number of halogens is 1. The molecular weight excluding hydrogens is 299 g/mol. The van der Waals surface area contributed by atoms with Gasteiger partial charge in [0.05, 0.1) is 0 Å². The van der Waals surface area contributed by atoms with Crippen molar-refractivity contribution in [3.63, 3.8) is 0 Å². The molecule has 0 aliphatic rings. The highest BCUT2D eigenvalue weighted by atomic mass is 19.1. The van der Waals surface area contributed by atoms with Gasteiger partial charge in [-0.3, -0.25) is 0 Å². The van der Waals surface area contributed by atoms with Crippen molar-refractivity contribution < 1.29 is 4.39 Å². The fraction of sp³-hybridized carbons (Fsp3) is 0.238. The zero-order chi connectivity index (χ0) is 16.8. The smallest absolute Gasteiger partial charge is 0.159 e. The zero-order valence-corrected chi connectivity index (χ0v) is 13.9. The third-order valence-corrected chi connectivity index (χ3v) is 4.09. The Bertz CT molecular complexity index is 783. The lowest BCUT2D eigenvalue weighted by Crippen LogP contribution is -1.94. The fourth-order valence-electron chi connectivity index (χ4n) is 2.72. The highest BCUT2D eigenvalue weighted by Crippen LogP contribution is 2.26. The Kier molecular flexibility index (Phi) is 5.32. The summed E-state index contributed by atoms with van der Waals surface area (Å²) in [4.78, 5) is 8.79. The summed E-state index contributed by atoms with van der Waals surface area (Å²) in [5, 5.41) is 0. The molecule has 3 heteroatoms. The molecule has 3 aromatic rings. The van der Waals surface area contributed by atoms with Crippen molar-refractivity contribution in [1.29, 1.82) is 0 Å². The Morgan fingerprint density at radius 1 is 0.875 bits per heavy atom. The average molecular weight is 320 g/mol. The molecule has 1 heterocycles. The minimum absolute atomic E-state index is 0.255. The molecule has 0 spiro atoms. The van der Waals surface area contributed by atoms with Crippen LogP contribution < -0.4 is 0 Å². The quantitative estimate of drug-likeness (QED) is 0.546. The summed E-state index contributed by atoms with van der Waals surface area (Å²) in [7, 11) is 0. The molecule has 0 atom stereocenters. The number of hydrogen-bond donors (Lipinski definition) is 0. The first-order chi connectivity index (χ1) is 11.8. The molecule has 0 radical (unpaired) electrons. The van der Waals surface area contributed by atoms with Crippen LogP contribution >= 0.6 is 0 Å². The third kappa shape index (κ3) is 3.85. The SMILES string of the molecule is CCCCCc1cnc(-c2ccc(-c3ccccc3)c(F)c2)nc1. The first-order valence-electron chi connectivity index (χ1n) is 8.44. The van der Waals surface area contributed by atoms with Crippen molar-refractivity contribution >= 4 is 0 Å². The van der Waals surface area contributed by atoms with Crippen molar-refractivity contribution in [2.75, 3.05) is 0 Å². The predicted molar refractivity (Wildman–Crippen MR) is 96.1 cm³/mol. The van der Waals surface area contributed by atoms with Crippen LogP contribution in [0.3, 0.4) is 0 Å². The third-order valence-electron chi connectivity index (χ3n) is 4.09. The first kappa shape index (κ1) is 16.3. The van der Waals surface area contributed by atoms with E-state index in [2.05, 4.69) is 16.9 Å². The van der Waals surface area contributed by atoms with Gasteiger partial charge in [-0.1, -0.05) is 62.2 Å². The summed E-state index contributed by atoms with van der Waals surface area (Å²) in [5.41, 5.74) is 3.30. The van der Waals surface area contributed by atoms with E-state index >= 15 is 0 Å². The summed E-state index contributed by atoms with van der Waals surface area (Å²) in [6.45, 7) is 2.19. The standard InChI is InChI=1S/C21H21FN2/c1-2-3-5-8-16-14-23-21(24-15-16)18-11-12-19(20(22)13-18)17-9-6-4-7-10-17/h4,6-7,9-15H,2-3,5,8H2,1H3. The Labute approximate surface area is 142 Å². The number of benzene rings is 2. The topological polar surface area (TPSA) is 25.8 Å². The van der Waals surface area contributed by atoms with Crippen molar-refractivity contribution in [3.05, 3.63) is 72.3 Å². The molecular formula is C21H21FN2. The zero-order valence-electron chi connectivity index (χ0n) is 13.9. The molecule has 0 N–H and O–H groups in total. The largest absolute Gasteiger partial charge is 0.236 e. The molecule has 0 saturated carbocycles. The molecule has 122 valence electrons. The summed E-state index contributed by atoms with van der Waals surface area (Å²) in [6.07, 6.45) is 8.26. The van der Waals surface area contributed by atoms with Crippen LogP contribution in [0.25, 0.3) is 22.5 Å². The van der Waals surface area contributed by atoms with E-state index in [1.165, 1.54) is 18.9 Å². The Morgan fingerprint density at radius 2 is 1.62 bits per heavy atom. The molecule has 0 aliphatic carbocycles. The van der Waals surface area contributed by atoms with E-state index in [0.717, 1.165) is 24.0 Å². The van der Waals surface area contributed by atoms with Crippen LogP contribution in [0.15, 0.2) is 60.9 Å². The normalized spacial score (nSPS) is 10.8. The molecule has 1 aromatic heterocycles. The van der Waals surface area contributed by atoms with Gasteiger partial charge >= 0.3 is 0 Å². The highest BCUT2D eigenvalue weighted by Gasteiger charge is 2.08. The van der Waals surface area contributed by atoms with E-state index in [4.69, 9.17) is 0 Å². The van der Waals surface area contributed by atoms with Gasteiger partial charge in [0.25, 0.3) is 0 Å². The summed E-state index contributed by atoms with van der Waals surface area (Å²) < 4.78 is 14.5. The van der Waals surface area contributed by atoms with E-state index in [1.807, 2.05) is 48.8 Å². The number of aromatic nitrogens is 2. The number of unbranched alkanes of at least 4 members (excludes halogenated alkanes) is 2. The van der Waals surface area contributed by atoms with Crippen molar-refractivity contribution in [3.8, 4) is 22.5 Å². The lowest BCUT2D eigenvalue weighted by molar-refractivity contribution is 0.631. The van der Waals surface area contributed by atoms with Crippen molar-refractivity contribution in [2.45, 2.75) is 32.6 Å². The lowest BCUT2D eigenvalue weighted by atomic mass is 10.0.